The van der Waals surface area contributed by atoms with Crippen LogP contribution in [0.3, 0.4) is 0 Å². The Balaban J connectivity index is 2.54. The van der Waals surface area contributed by atoms with Gasteiger partial charge in [0, 0.05) is 18.3 Å². The zero-order chi connectivity index (χ0) is 9.10. The summed E-state index contributed by atoms with van der Waals surface area (Å²) in [5, 5.41) is 0. The van der Waals surface area contributed by atoms with Gasteiger partial charge in [-0.2, -0.15) is 0 Å². The van der Waals surface area contributed by atoms with Crippen LogP contribution in [0.25, 0.3) is 11.4 Å². The van der Waals surface area contributed by atoms with Gasteiger partial charge in [-0.05, 0) is 18.2 Å². The predicted octanol–water partition coefficient (Wildman–Crippen LogP) is 1.35. The quantitative estimate of drug-likeness (QED) is 0.496. The van der Waals surface area contributed by atoms with E-state index in [1.807, 2.05) is 42.6 Å². The third-order valence-corrected chi connectivity index (χ3v) is 2.07. The monoisotopic (exact) mass is 188 g/mol. The van der Waals surface area contributed by atoms with Crippen LogP contribution in [0.5, 0.6) is 0 Å². The second-order valence-corrected chi connectivity index (χ2v) is 3.02. The smallest absolute Gasteiger partial charge is 0.216 e. The van der Waals surface area contributed by atoms with Crippen molar-refractivity contribution in [3.8, 4) is 11.4 Å². The highest BCUT2D eigenvalue weighted by atomic mass is 32.1. The topological polar surface area (TPSA) is 16.8 Å². The van der Waals surface area contributed by atoms with Crippen LogP contribution in [-0.4, -0.2) is 4.98 Å². The highest BCUT2D eigenvalue weighted by molar-refractivity contribution is 7.51. The molecule has 0 bridgehead atoms. The minimum atomic E-state index is 0.901. The first-order chi connectivity index (χ1) is 6.38. The lowest BCUT2D eigenvalue weighted by atomic mass is 10.2. The van der Waals surface area contributed by atoms with Gasteiger partial charge < -0.3 is 12.8 Å². The number of pyridine rings is 2. The van der Waals surface area contributed by atoms with Crippen LogP contribution in [0.1, 0.15) is 0 Å². The third-order valence-electron chi connectivity index (χ3n) is 1.75. The van der Waals surface area contributed by atoms with Crippen molar-refractivity contribution in [3.05, 3.63) is 48.8 Å². The lowest BCUT2D eigenvalue weighted by Gasteiger charge is -2.03. The largest absolute Gasteiger partial charge is 0.426 e. The minimum Gasteiger partial charge on any atom is -0.426 e. The molecule has 0 aliphatic rings. The van der Waals surface area contributed by atoms with E-state index in [1.165, 1.54) is 0 Å². The van der Waals surface area contributed by atoms with Gasteiger partial charge >= 0.3 is 0 Å². The first-order valence-electron chi connectivity index (χ1n) is 3.97. The molecule has 0 amide bonds. The first-order valence-corrected chi connectivity index (χ1v) is 4.34. The van der Waals surface area contributed by atoms with Gasteiger partial charge in [-0.25, -0.2) is 4.98 Å². The van der Waals surface area contributed by atoms with E-state index in [0.29, 0.717) is 0 Å². The number of rotatable bonds is 1. The molecule has 0 atom stereocenters. The number of hydrogen-bond acceptors (Lipinski definition) is 2. The zero-order valence-electron chi connectivity index (χ0n) is 6.92. The van der Waals surface area contributed by atoms with Crippen molar-refractivity contribution in [1.29, 1.82) is 0 Å². The predicted molar refractivity (Wildman–Crippen MR) is 52.6 cm³/mol. The van der Waals surface area contributed by atoms with E-state index in [2.05, 4.69) is 4.98 Å². The average Bonchev–Trinajstić information content (AvgIpc) is 2.20. The molecule has 0 unspecified atom stereocenters. The third kappa shape index (κ3) is 1.65. The van der Waals surface area contributed by atoms with Crippen molar-refractivity contribution in [2.45, 2.75) is 0 Å². The van der Waals surface area contributed by atoms with E-state index < -0.39 is 0 Å². The highest BCUT2D eigenvalue weighted by Gasteiger charge is 2.04. The molecule has 2 rings (SSSR count). The van der Waals surface area contributed by atoms with E-state index in [-0.39, 0.29) is 0 Å². The molecule has 0 N–H and O–H groups in total. The molecule has 0 radical (unpaired) electrons. The molecule has 2 heterocycles. The van der Waals surface area contributed by atoms with Gasteiger partial charge in [-0.3, -0.25) is 3.97 Å². The zero-order valence-corrected chi connectivity index (χ0v) is 7.74. The number of hydrogen-bond donors (Lipinski definition) is 0. The molecule has 64 valence electrons. The summed E-state index contributed by atoms with van der Waals surface area (Å²) in [5.41, 5.74) is 1.84. The Morgan fingerprint density at radius 1 is 1.08 bits per heavy atom. The van der Waals surface area contributed by atoms with Gasteiger partial charge in [0.2, 0.25) is 5.69 Å². The van der Waals surface area contributed by atoms with Crippen molar-refractivity contribution in [1.82, 2.24) is 4.98 Å². The molecule has 0 saturated carbocycles. The van der Waals surface area contributed by atoms with Crippen LogP contribution in [0.4, 0.5) is 0 Å². The van der Waals surface area contributed by atoms with E-state index in [4.69, 9.17) is 12.8 Å². The Morgan fingerprint density at radius 2 is 1.92 bits per heavy atom. The van der Waals surface area contributed by atoms with Gasteiger partial charge in [0.15, 0.2) is 6.20 Å². The lowest BCUT2D eigenvalue weighted by Crippen LogP contribution is -2.28. The summed E-state index contributed by atoms with van der Waals surface area (Å²) in [6.07, 6.45) is 3.59. The SMILES string of the molecule is [S-][n+]1ccccc1-c1ccccn1. The van der Waals surface area contributed by atoms with Crippen LogP contribution >= 0.6 is 0 Å². The maximum Gasteiger partial charge on any atom is 0.216 e. The summed E-state index contributed by atoms with van der Waals surface area (Å²) < 4.78 is 1.64. The van der Waals surface area contributed by atoms with Gasteiger partial charge in [-0.1, -0.05) is 6.07 Å². The maximum absolute atomic E-state index is 5.11. The molecule has 2 aromatic rings. The molecule has 0 fully saturated rings. The van der Waals surface area contributed by atoms with E-state index in [1.54, 1.807) is 10.2 Å². The fourth-order valence-corrected chi connectivity index (χ4v) is 1.37. The molecule has 0 aliphatic carbocycles. The molecule has 0 saturated heterocycles. The summed E-state index contributed by atoms with van der Waals surface area (Å²) in [7, 11) is 0. The standard InChI is InChI=1S/C10H8N2S/c13-12-8-4-2-6-10(12)9-5-1-3-7-11-9/h1-8H. The van der Waals surface area contributed by atoms with Gasteiger partial charge in [0.05, 0.1) is 0 Å². The van der Waals surface area contributed by atoms with Gasteiger partial charge in [-0.15, -0.1) is 0 Å². The minimum absolute atomic E-state index is 0.901. The molecule has 2 aromatic heterocycles. The molecule has 2 nitrogen and oxygen atoms in total. The number of nitrogens with zero attached hydrogens (tertiary/aromatic N) is 2. The fraction of sp³-hybridized carbons (Fsp3) is 0. The highest BCUT2D eigenvalue weighted by Crippen LogP contribution is 2.09. The molecule has 0 aliphatic heterocycles. The maximum atomic E-state index is 5.11. The van der Waals surface area contributed by atoms with Crippen LogP contribution in [0, 0.1) is 0 Å². The summed E-state index contributed by atoms with van der Waals surface area (Å²) >= 11 is 5.11. The molecular weight excluding hydrogens is 180 g/mol. The Labute approximate surface area is 82.4 Å². The molecule has 13 heavy (non-hydrogen) atoms. The second kappa shape index (κ2) is 3.49. The Hall–Kier alpha value is -1.48. The summed E-state index contributed by atoms with van der Waals surface area (Å²) in [5.74, 6) is 0. The lowest BCUT2D eigenvalue weighted by molar-refractivity contribution is -0.480. The normalized spacial score (nSPS) is 9.85. The summed E-state index contributed by atoms with van der Waals surface area (Å²) in [6.45, 7) is 0. The molecular formula is C10H8N2S. The first kappa shape index (κ1) is 8.13. The molecule has 3 heteroatoms. The van der Waals surface area contributed by atoms with Crippen molar-refractivity contribution < 1.29 is 3.97 Å². The summed E-state index contributed by atoms with van der Waals surface area (Å²) in [6, 6.07) is 11.6. The number of aromatic nitrogens is 2. The second-order valence-electron chi connectivity index (χ2n) is 2.63. The fourth-order valence-electron chi connectivity index (χ4n) is 1.14. The molecule has 0 aromatic carbocycles. The summed E-state index contributed by atoms with van der Waals surface area (Å²) in [4.78, 5) is 4.22. The average molecular weight is 188 g/mol. The van der Waals surface area contributed by atoms with Crippen molar-refractivity contribution in [2.75, 3.05) is 0 Å². The van der Waals surface area contributed by atoms with Crippen molar-refractivity contribution in [2.24, 2.45) is 0 Å². The van der Waals surface area contributed by atoms with Gasteiger partial charge in [0.25, 0.3) is 0 Å². The van der Waals surface area contributed by atoms with E-state index in [9.17, 15) is 0 Å². The Kier molecular flexibility index (Phi) is 2.19. The van der Waals surface area contributed by atoms with Crippen molar-refractivity contribution >= 4 is 12.8 Å². The van der Waals surface area contributed by atoms with Crippen LogP contribution in [0.15, 0.2) is 48.8 Å². The molecule has 0 spiro atoms. The van der Waals surface area contributed by atoms with Gasteiger partial charge in [0.1, 0.15) is 5.69 Å². The van der Waals surface area contributed by atoms with Crippen molar-refractivity contribution in [3.63, 3.8) is 0 Å². The van der Waals surface area contributed by atoms with E-state index in [0.717, 1.165) is 11.4 Å². The van der Waals surface area contributed by atoms with Crippen LogP contribution in [0.2, 0.25) is 0 Å². The Morgan fingerprint density at radius 3 is 2.62 bits per heavy atom. The van der Waals surface area contributed by atoms with Crippen LogP contribution in [-0.2, 0) is 12.8 Å². The van der Waals surface area contributed by atoms with Crippen LogP contribution < -0.4 is 3.97 Å². The van der Waals surface area contributed by atoms with E-state index >= 15 is 0 Å². The Bertz CT molecular complexity index is 401.